The molecule has 0 aromatic carbocycles. The summed E-state index contributed by atoms with van der Waals surface area (Å²) < 4.78 is 0. The molecule has 1 aliphatic heterocycles. The standard InChI is InChI=1S/C14H18N2O2S/c1-3-13(17)15(4-2)10-14(18)16-7-5-11-6-8-19-12(11)9-16/h3,6,8H,1,4-5,7,9-10H2,2H3. The van der Waals surface area contributed by atoms with E-state index in [1.54, 1.807) is 11.3 Å². The lowest BCUT2D eigenvalue weighted by atomic mass is 10.1. The Morgan fingerprint density at radius 3 is 3.05 bits per heavy atom. The van der Waals surface area contributed by atoms with Gasteiger partial charge in [0.2, 0.25) is 11.8 Å². The van der Waals surface area contributed by atoms with Gasteiger partial charge in [0.1, 0.15) is 6.54 Å². The molecule has 2 amide bonds. The zero-order chi connectivity index (χ0) is 13.8. The number of carbonyl (C=O) groups is 2. The quantitative estimate of drug-likeness (QED) is 0.786. The number of hydrogen-bond donors (Lipinski definition) is 0. The summed E-state index contributed by atoms with van der Waals surface area (Å²) in [6, 6.07) is 2.13. The number of rotatable bonds is 4. The van der Waals surface area contributed by atoms with Gasteiger partial charge in [0.25, 0.3) is 0 Å². The van der Waals surface area contributed by atoms with Gasteiger partial charge in [-0.3, -0.25) is 9.59 Å². The van der Waals surface area contributed by atoms with Gasteiger partial charge < -0.3 is 9.80 Å². The summed E-state index contributed by atoms with van der Waals surface area (Å²) in [4.78, 5) is 28.4. The van der Waals surface area contributed by atoms with Crippen molar-refractivity contribution in [2.45, 2.75) is 19.9 Å². The number of fused-ring (bicyclic) bond motifs is 1. The average molecular weight is 278 g/mol. The molecule has 1 aliphatic rings. The van der Waals surface area contributed by atoms with Crippen LogP contribution in [0.1, 0.15) is 17.4 Å². The summed E-state index contributed by atoms with van der Waals surface area (Å²) in [5.74, 6) is -0.180. The van der Waals surface area contributed by atoms with Crippen molar-refractivity contribution in [3.8, 4) is 0 Å². The van der Waals surface area contributed by atoms with E-state index >= 15 is 0 Å². The lowest BCUT2D eigenvalue weighted by Gasteiger charge is -2.29. The maximum Gasteiger partial charge on any atom is 0.246 e. The number of likely N-dealkylation sites (N-methyl/N-ethyl adjacent to an activating group) is 1. The molecule has 1 aromatic heterocycles. The SMILES string of the molecule is C=CC(=O)N(CC)CC(=O)N1CCc2ccsc2C1. The first-order valence-corrected chi connectivity index (χ1v) is 7.28. The predicted molar refractivity (Wildman–Crippen MR) is 75.9 cm³/mol. The van der Waals surface area contributed by atoms with Crippen LogP contribution in [0.2, 0.25) is 0 Å². The minimum Gasteiger partial charge on any atom is -0.336 e. The summed E-state index contributed by atoms with van der Waals surface area (Å²) in [6.07, 6.45) is 2.16. The van der Waals surface area contributed by atoms with Crippen molar-refractivity contribution < 1.29 is 9.59 Å². The van der Waals surface area contributed by atoms with Crippen molar-refractivity contribution in [3.05, 3.63) is 34.5 Å². The van der Waals surface area contributed by atoms with Gasteiger partial charge in [-0.15, -0.1) is 11.3 Å². The average Bonchev–Trinajstić information content (AvgIpc) is 2.90. The smallest absolute Gasteiger partial charge is 0.246 e. The zero-order valence-corrected chi connectivity index (χ0v) is 11.9. The van der Waals surface area contributed by atoms with Crippen molar-refractivity contribution >= 4 is 23.2 Å². The van der Waals surface area contributed by atoms with Crippen LogP contribution in [0.15, 0.2) is 24.1 Å². The topological polar surface area (TPSA) is 40.6 Å². The van der Waals surface area contributed by atoms with E-state index in [2.05, 4.69) is 18.0 Å². The van der Waals surface area contributed by atoms with Crippen molar-refractivity contribution in [1.29, 1.82) is 0 Å². The fourth-order valence-corrected chi connectivity index (χ4v) is 3.14. The fourth-order valence-electron chi connectivity index (χ4n) is 2.19. The number of carbonyl (C=O) groups excluding carboxylic acids is 2. The van der Waals surface area contributed by atoms with Crippen molar-refractivity contribution in [3.63, 3.8) is 0 Å². The first-order chi connectivity index (χ1) is 9.15. The predicted octanol–water partition coefficient (Wildman–Crippen LogP) is 1.67. The van der Waals surface area contributed by atoms with Crippen molar-refractivity contribution in [1.82, 2.24) is 9.80 Å². The zero-order valence-electron chi connectivity index (χ0n) is 11.1. The van der Waals surface area contributed by atoms with Crippen LogP contribution >= 0.6 is 11.3 Å². The lowest BCUT2D eigenvalue weighted by molar-refractivity contribution is -0.138. The Labute approximate surface area is 117 Å². The van der Waals surface area contributed by atoms with Gasteiger partial charge in [-0.1, -0.05) is 6.58 Å². The number of hydrogen-bond acceptors (Lipinski definition) is 3. The van der Waals surface area contributed by atoms with Crippen LogP contribution in [0.3, 0.4) is 0 Å². The molecular weight excluding hydrogens is 260 g/mol. The summed E-state index contributed by atoms with van der Waals surface area (Å²) >= 11 is 1.69. The summed E-state index contributed by atoms with van der Waals surface area (Å²) in [5.41, 5.74) is 1.35. The third-order valence-corrected chi connectivity index (χ3v) is 4.32. The maximum absolute atomic E-state index is 12.2. The summed E-state index contributed by atoms with van der Waals surface area (Å²) in [7, 11) is 0. The Kier molecular flexibility index (Phi) is 4.37. The van der Waals surface area contributed by atoms with Crippen molar-refractivity contribution in [2.75, 3.05) is 19.6 Å². The summed E-state index contributed by atoms with van der Waals surface area (Å²) in [6.45, 7) is 7.40. The molecule has 0 radical (unpaired) electrons. The molecule has 0 atom stereocenters. The molecule has 1 aromatic rings. The molecule has 0 fully saturated rings. The highest BCUT2D eigenvalue weighted by atomic mass is 32.1. The second kappa shape index (κ2) is 6.02. The van der Waals surface area contributed by atoms with E-state index in [0.29, 0.717) is 13.1 Å². The molecule has 0 unspecified atom stereocenters. The van der Waals surface area contributed by atoms with Crippen molar-refractivity contribution in [2.24, 2.45) is 0 Å². The van der Waals surface area contributed by atoms with Crippen LogP contribution in [0.25, 0.3) is 0 Å². The Morgan fingerprint density at radius 1 is 1.58 bits per heavy atom. The van der Waals surface area contributed by atoms with Crippen LogP contribution in [-0.4, -0.2) is 41.2 Å². The van der Waals surface area contributed by atoms with E-state index in [-0.39, 0.29) is 18.4 Å². The Bertz CT molecular complexity index is 495. The molecule has 0 N–H and O–H groups in total. The van der Waals surface area contributed by atoms with Gasteiger partial charge in [-0.05, 0) is 36.4 Å². The van der Waals surface area contributed by atoms with Gasteiger partial charge in [0.15, 0.2) is 0 Å². The van der Waals surface area contributed by atoms with E-state index in [0.717, 1.165) is 13.0 Å². The van der Waals surface area contributed by atoms with E-state index in [1.807, 2.05) is 11.8 Å². The number of thiophene rings is 1. The van der Waals surface area contributed by atoms with E-state index < -0.39 is 0 Å². The Hall–Kier alpha value is -1.62. The highest BCUT2D eigenvalue weighted by Gasteiger charge is 2.23. The molecule has 19 heavy (non-hydrogen) atoms. The van der Waals surface area contributed by atoms with E-state index in [4.69, 9.17) is 0 Å². The fraction of sp³-hybridized carbons (Fsp3) is 0.429. The van der Waals surface area contributed by atoms with Gasteiger partial charge in [-0.25, -0.2) is 0 Å². The Morgan fingerprint density at radius 2 is 2.37 bits per heavy atom. The molecule has 0 bridgehead atoms. The van der Waals surface area contributed by atoms with Gasteiger partial charge in [-0.2, -0.15) is 0 Å². The Balaban J connectivity index is 1.98. The van der Waals surface area contributed by atoms with Gasteiger partial charge in [0, 0.05) is 18.0 Å². The normalized spacial score (nSPS) is 13.8. The molecule has 0 aliphatic carbocycles. The maximum atomic E-state index is 12.2. The minimum absolute atomic E-state index is 0.0103. The highest BCUT2D eigenvalue weighted by molar-refractivity contribution is 7.10. The van der Waals surface area contributed by atoms with Crippen LogP contribution in [-0.2, 0) is 22.6 Å². The molecule has 0 saturated carbocycles. The molecule has 4 nitrogen and oxygen atoms in total. The second-order valence-electron chi connectivity index (χ2n) is 4.49. The highest BCUT2D eigenvalue weighted by Crippen LogP contribution is 2.24. The van der Waals surface area contributed by atoms with E-state index in [9.17, 15) is 9.59 Å². The van der Waals surface area contributed by atoms with Crippen LogP contribution in [0, 0.1) is 0 Å². The number of amides is 2. The third kappa shape index (κ3) is 3.04. The molecule has 102 valence electrons. The lowest BCUT2D eigenvalue weighted by Crippen LogP contribution is -2.43. The molecular formula is C14H18N2O2S. The minimum atomic E-state index is -0.190. The largest absolute Gasteiger partial charge is 0.336 e. The molecule has 5 heteroatoms. The summed E-state index contributed by atoms with van der Waals surface area (Å²) in [5, 5.41) is 2.07. The van der Waals surface area contributed by atoms with Gasteiger partial charge >= 0.3 is 0 Å². The molecule has 2 heterocycles. The monoisotopic (exact) mass is 278 g/mol. The molecule has 2 rings (SSSR count). The van der Waals surface area contributed by atoms with Crippen LogP contribution < -0.4 is 0 Å². The first kappa shape index (κ1) is 13.8. The van der Waals surface area contributed by atoms with E-state index in [1.165, 1.54) is 21.4 Å². The molecule has 0 spiro atoms. The van der Waals surface area contributed by atoms with Crippen LogP contribution in [0.5, 0.6) is 0 Å². The molecule has 0 saturated heterocycles. The van der Waals surface area contributed by atoms with Gasteiger partial charge in [0.05, 0.1) is 6.54 Å². The second-order valence-corrected chi connectivity index (χ2v) is 5.49. The van der Waals surface area contributed by atoms with Crippen LogP contribution in [0.4, 0.5) is 0 Å². The number of nitrogens with zero attached hydrogens (tertiary/aromatic N) is 2. The third-order valence-electron chi connectivity index (χ3n) is 3.37. The first-order valence-electron chi connectivity index (χ1n) is 6.40.